The van der Waals surface area contributed by atoms with Crippen molar-refractivity contribution in [2.75, 3.05) is 6.61 Å². The van der Waals surface area contributed by atoms with Crippen LogP contribution in [-0.4, -0.2) is 6.61 Å². The van der Waals surface area contributed by atoms with Crippen LogP contribution in [0.2, 0.25) is 0 Å². The van der Waals surface area contributed by atoms with E-state index in [1.54, 1.807) is 0 Å². The first-order valence-electron chi connectivity index (χ1n) is 5.15. The third kappa shape index (κ3) is 10.2. The molecule has 0 saturated carbocycles. The molecule has 0 saturated heterocycles. The summed E-state index contributed by atoms with van der Waals surface area (Å²) in [5.41, 5.74) is 0. The van der Waals surface area contributed by atoms with Gasteiger partial charge in [0.25, 0.3) is 0 Å². The lowest BCUT2D eigenvalue weighted by Crippen LogP contribution is -1.85. The van der Waals surface area contributed by atoms with Crippen LogP contribution in [0.1, 0.15) is 58.3 Å². The Morgan fingerprint density at radius 1 is 0.833 bits per heavy atom. The average Bonchev–Trinajstić information content (AvgIpc) is 2.10. The van der Waals surface area contributed by atoms with Crippen LogP contribution >= 0.6 is 11.9 Å². The van der Waals surface area contributed by atoms with Crippen molar-refractivity contribution >= 4 is 11.9 Å². The SMILES string of the molecule is CCCCCCCCCCOCl. The minimum Gasteiger partial charge on any atom is -0.279 e. The van der Waals surface area contributed by atoms with Gasteiger partial charge >= 0.3 is 0 Å². The predicted molar refractivity (Wildman–Crippen MR) is 54.4 cm³/mol. The molecule has 0 spiro atoms. The molecule has 0 atom stereocenters. The minimum absolute atomic E-state index is 0.705. The molecule has 0 radical (unpaired) electrons. The summed E-state index contributed by atoms with van der Waals surface area (Å²) >= 11 is 5.08. The maximum atomic E-state index is 5.08. The Labute approximate surface area is 81.6 Å². The first kappa shape index (κ1) is 12.2. The molecule has 0 rings (SSSR count). The summed E-state index contributed by atoms with van der Waals surface area (Å²) < 4.78 is 4.46. The Balaban J connectivity index is 2.73. The number of rotatable bonds is 9. The van der Waals surface area contributed by atoms with Crippen molar-refractivity contribution in [2.24, 2.45) is 0 Å². The second-order valence-corrected chi connectivity index (χ2v) is 3.51. The zero-order valence-electron chi connectivity index (χ0n) is 8.15. The quantitative estimate of drug-likeness (QED) is 0.495. The Morgan fingerprint density at radius 3 is 1.83 bits per heavy atom. The van der Waals surface area contributed by atoms with Crippen molar-refractivity contribution < 1.29 is 4.29 Å². The van der Waals surface area contributed by atoms with E-state index in [9.17, 15) is 0 Å². The molecule has 0 heterocycles. The van der Waals surface area contributed by atoms with Gasteiger partial charge < -0.3 is 0 Å². The molecule has 0 fully saturated rings. The van der Waals surface area contributed by atoms with Crippen LogP contribution in [0.25, 0.3) is 0 Å². The normalized spacial score (nSPS) is 10.5. The van der Waals surface area contributed by atoms with Gasteiger partial charge in [-0.05, 0) is 6.42 Å². The predicted octanol–water partition coefficient (Wildman–Crippen LogP) is 4.30. The van der Waals surface area contributed by atoms with Crippen molar-refractivity contribution in [1.29, 1.82) is 0 Å². The number of unbranched alkanes of at least 4 members (excludes halogenated alkanes) is 7. The highest BCUT2D eigenvalue weighted by atomic mass is 35.5. The van der Waals surface area contributed by atoms with Gasteiger partial charge in [0, 0.05) is 0 Å². The fourth-order valence-electron chi connectivity index (χ4n) is 1.29. The molecule has 0 aliphatic rings. The summed E-state index contributed by atoms with van der Waals surface area (Å²) in [6.45, 7) is 2.95. The van der Waals surface area contributed by atoms with E-state index in [0.717, 1.165) is 6.42 Å². The Morgan fingerprint density at radius 2 is 1.33 bits per heavy atom. The van der Waals surface area contributed by atoms with Crippen LogP contribution in [-0.2, 0) is 4.29 Å². The van der Waals surface area contributed by atoms with E-state index in [0.29, 0.717) is 6.61 Å². The molecule has 0 aliphatic carbocycles. The van der Waals surface area contributed by atoms with E-state index >= 15 is 0 Å². The van der Waals surface area contributed by atoms with Crippen molar-refractivity contribution in [2.45, 2.75) is 58.3 Å². The maximum absolute atomic E-state index is 5.08. The van der Waals surface area contributed by atoms with Crippen LogP contribution in [0.5, 0.6) is 0 Å². The van der Waals surface area contributed by atoms with E-state index in [1.165, 1.54) is 44.9 Å². The van der Waals surface area contributed by atoms with E-state index in [2.05, 4.69) is 11.2 Å². The lowest BCUT2D eigenvalue weighted by Gasteiger charge is -1.99. The molecule has 0 unspecified atom stereocenters. The molecule has 0 amide bonds. The molecule has 0 aromatic carbocycles. The highest BCUT2D eigenvalue weighted by molar-refractivity contribution is 6.07. The van der Waals surface area contributed by atoms with Gasteiger partial charge in [-0.3, -0.25) is 4.29 Å². The Hall–Kier alpha value is 0.250. The van der Waals surface area contributed by atoms with Crippen LogP contribution in [0.15, 0.2) is 0 Å². The smallest absolute Gasteiger partial charge is 0.0682 e. The third-order valence-corrected chi connectivity index (χ3v) is 2.23. The molecule has 0 aliphatic heterocycles. The lowest BCUT2D eigenvalue weighted by atomic mass is 10.1. The van der Waals surface area contributed by atoms with E-state index in [-0.39, 0.29) is 0 Å². The van der Waals surface area contributed by atoms with Gasteiger partial charge in [-0.2, -0.15) is 0 Å². The van der Waals surface area contributed by atoms with Crippen LogP contribution in [0, 0.1) is 0 Å². The molecule has 2 heteroatoms. The highest BCUT2D eigenvalue weighted by Crippen LogP contribution is 2.08. The van der Waals surface area contributed by atoms with E-state index in [4.69, 9.17) is 11.9 Å². The Kier molecular flexibility index (Phi) is 11.5. The topological polar surface area (TPSA) is 9.23 Å². The molecule has 0 N–H and O–H groups in total. The van der Waals surface area contributed by atoms with Crippen LogP contribution in [0.3, 0.4) is 0 Å². The summed E-state index contributed by atoms with van der Waals surface area (Å²) in [7, 11) is 0. The number of halogens is 1. The largest absolute Gasteiger partial charge is 0.279 e. The second-order valence-electron chi connectivity index (χ2n) is 3.29. The average molecular weight is 193 g/mol. The van der Waals surface area contributed by atoms with Gasteiger partial charge in [0.05, 0.1) is 18.5 Å². The van der Waals surface area contributed by atoms with Gasteiger partial charge in [-0.15, -0.1) is 0 Å². The summed E-state index contributed by atoms with van der Waals surface area (Å²) in [5.74, 6) is 0. The summed E-state index contributed by atoms with van der Waals surface area (Å²) in [5, 5.41) is 0. The monoisotopic (exact) mass is 192 g/mol. The summed E-state index contributed by atoms with van der Waals surface area (Å²) in [6.07, 6.45) is 10.6. The van der Waals surface area contributed by atoms with Crippen LogP contribution in [0.4, 0.5) is 0 Å². The molecule has 0 aromatic heterocycles. The van der Waals surface area contributed by atoms with Gasteiger partial charge in [0.2, 0.25) is 0 Å². The molecule has 1 nitrogen and oxygen atoms in total. The van der Waals surface area contributed by atoms with Crippen molar-refractivity contribution in [1.82, 2.24) is 0 Å². The molecule has 0 bridgehead atoms. The maximum Gasteiger partial charge on any atom is 0.0682 e. The Bertz CT molecular complexity index is 66.2. The fourth-order valence-corrected chi connectivity index (χ4v) is 1.40. The van der Waals surface area contributed by atoms with Crippen LogP contribution < -0.4 is 0 Å². The minimum atomic E-state index is 0.705. The molecule has 12 heavy (non-hydrogen) atoms. The number of hydrogen-bond acceptors (Lipinski definition) is 1. The van der Waals surface area contributed by atoms with Crippen molar-refractivity contribution in [3.63, 3.8) is 0 Å². The molecule has 0 aromatic rings. The third-order valence-electron chi connectivity index (χ3n) is 2.08. The second kappa shape index (κ2) is 11.2. The first-order chi connectivity index (χ1) is 5.91. The van der Waals surface area contributed by atoms with Crippen molar-refractivity contribution in [3.05, 3.63) is 0 Å². The van der Waals surface area contributed by atoms with Gasteiger partial charge in [0.1, 0.15) is 0 Å². The number of hydrogen-bond donors (Lipinski definition) is 0. The van der Waals surface area contributed by atoms with Crippen molar-refractivity contribution in [3.8, 4) is 0 Å². The van der Waals surface area contributed by atoms with E-state index in [1.807, 2.05) is 0 Å². The fraction of sp³-hybridized carbons (Fsp3) is 1.00. The molecule has 74 valence electrons. The standard InChI is InChI=1S/C10H21ClO/c1-2-3-4-5-6-7-8-9-10-12-11/h2-10H2,1H3. The zero-order chi connectivity index (χ0) is 9.07. The summed E-state index contributed by atoms with van der Waals surface area (Å²) in [4.78, 5) is 0. The van der Waals surface area contributed by atoms with E-state index < -0.39 is 0 Å². The highest BCUT2D eigenvalue weighted by Gasteiger charge is 1.90. The lowest BCUT2D eigenvalue weighted by molar-refractivity contribution is 0.334. The zero-order valence-corrected chi connectivity index (χ0v) is 8.91. The summed E-state index contributed by atoms with van der Waals surface area (Å²) in [6, 6.07) is 0. The first-order valence-corrected chi connectivity index (χ1v) is 5.46. The molecular formula is C10H21ClO. The molecular weight excluding hydrogens is 172 g/mol. The van der Waals surface area contributed by atoms with Gasteiger partial charge in [0.15, 0.2) is 0 Å². The van der Waals surface area contributed by atoms with Gasteiger partial charge in [-0.25, -0.2) is 0 Å². The van der Waals surface area contributed by atoms with Gasteiger partial charge in [-0.1, -0.05) is 51.9 Å².